The van der Waals surface area contributed by atoms with Crippen LogP contribution in [0.1, 0.15) is 27.2 Å². The minimum Gasteiger partial charge on any atom is -0.383 e. The molecule has 21 heavy (non-hydrogen) atoms. The topological polar surface area (TPSA) is 93.2 Å². The molecule has 7 nitrogen and oxygen atoms in total. The van der Waals surface area contributed by atoms with Gasteiger partial charge in [-0.2, -0.15) is 0 Å². The molecule has 0 radical (unpaired) electrons. The van der Waals surface area contributed by atoms with Crippen LogP contribution in [-0.4, -0.2) is 44.7 Å². The predicted molar refractivity (Wildman–Crippen MR) is 81.6 cm³/mol. The van der Waals surface area contributed by atoms with E-state index in [-0.39, 0.29) is 16.9 Å². The molecule has 0 aliphatic carbocycles. The standard InChI is InChI=1S/C13H24N4O3S/c1-5-6-14-13-15-7-11(8-16-13)21(18,19)17-12(9-20-4)10(2)3/h7-8,10,12,17H,5-6,9H2,1-4H3,(H,14,15,16). The molecule has 0 amide bonds. The normalized spacial score (nSPS) is 13.4. The summed E-state index contributed by atoms with van der Waals surface area (Å²) in [7, 11) is -2.10. The summed E-state index contributed by atoms with van der Waals surface area (Å²) in [4.78, 5) is 8.06. The fourth-order valence-electron chi connectivity index (χ4n) is 1.59. The number of ether oxygens (including phenoxy) is 1. The average Bonchev–Trinajstić information content (AvgIpc) is 2.45. The number of nitrogens with one attached hydrogen (secondary N) is 2. The van der Waals surface area contributed by atoms with E-state index in [2.05, 4.69) is 20.0 Å². The van der Waals surface area contributed by atoms with Crippen molar-refractivity contribution in [3.05, 3.63) is 12.4 Å². The van der Waals surface area contributed by atoms with E-state index >= 15 is 0 Å². The molecular formula is C13H24N4O3S. The van der Waals surface area contributed by atoms with Crippen LogP contribution in [0.3, 0.4) is 0 Å². The van der Waals surface area contributed by atoms with Gasteiger partial charge in [0.1, 0.15) is 4.90 Å². The lowest BCUT2D eigenvalue weighted by atomic mass is 10.1. The Balaban J connectivity index is 2.81. The van der Waals surface area contributed by atoms with Crippen molar-refractivity contribution in [2.45, 2.75) is 38.1 Å². The van der Waals surface area contributed by atoms with Crippen LogP contribution in [0.15, 0.2) is 17.3 Å². The largest absolute Gasteiger partial charge is 0.383 e. The molecular weight excluding hydrogens is 292 g/mol. The van der Waals surface area contributed by atoms with E-state index in [1.165, 1.54) is 12.4 Å². The number of methoxy groups -OCH3 is 1. The lowest BCUT2D eigenvalue weighted by molar-refractivity contribution is 0.157. The van der Waals surface area contributed by atoms with Gasteiger partial charge in [-0.1, -0.05) is 20.8 Å². The first kappa shape index (κ1) is 17.8. The summed E-state index contributed by atoms with van der Waals surface area (Å²) in [6.45, 7) is 6.94. The summed E-state index contributed by atoms with van der Waals surface area (Å²) in [6, 6.07) is -0.294. The Morgan fingerprint density at radius 2 is 1.90 bits per heavy atom. The summed E-state index contributed by atoms with van der Waals surface area (Å²) in [5, 5.41) is 2.99. The van der Waals surface area contributed by atoms with Gasteiger partial charge in [0, 0.05) is 19.7 Å². The molecule has 0 aliphatic rings. The molecule has 0 aromatic carbocycles. The van der Waals surface area contributed by atoms with Crippen molar-refractivity contribution >= 4 is 16.0 Å². The quantitative estimate of drug-likeness (QED) is 0.712. The fourth-order valence-corrected chi connectivity index (χ4v) is 2.85. The van der Waals surface area contributed by atoms with E-state index in [1.54, 1.807) is 7.11 Å². The summed E-state index contributed by atoms with van der Waals surface area (Å²) < 4.78 is 32.2. The minimum absolute atomic E-state index is 0.0475. The third-order valence-corrected chi connectivity index (χ3v) is 4.37. The first-order valence-electron chi connectivity index (χ1n) is 6.98. The number of rotatable bonds is 9. The number of anilines is 1. The van der Waals surface area contributed by atoms with E-state index in [4.69, 9.17) is 4.74 Å². The van der Waals surface area contributed by atoms with Crippen LogP contribution < -0.4 is 10.0 Å². The molecule has 0 fully saturated rings. The maximum Gasteiger partial charge on any atom is 0.243 e. The molecule has 0 saturated carbocycles. The summed E-state index contributed by atoms with van der Waals surface area (Å²) >= 11 is 0. The zero-order valence-corrected chi connectivity index (χ0v) is 13.8. The van der Waals surface area contributed by atoms with E-state index in [1.807, 2.05) is 20.8 Å². The van der Waals surface area contributed by atoms with Gasteiger partial charge in [0.05, 0.1) is 19.0 Å². The van der Waals surface area contributed by atoms with Crippen molar-refractivity contribution in [2.24, 2.45) is 5.92 Å². The van der Waals surface area contributed by atoms with Gasteiger partial charge >= 0.3 is 0 Å². The van der Waals surface area contributed by atoms with Crippen LogP contribution >= 0.6 is 0 Å². The van der Waals surface area contributed by atoms with Crippen molar-refractivity contribution in [3.63, 3.8) is 0 Å². The van der Waals surface area contributed by atoms with E-state index in [9.17, 15) is 8.42 Å². The second-order valence-electron chi connectivity index (χ2n) is 5.10. The van der Waals surface area contributed by atoms with Crippen molar-refractivity contribution in [1.29, 1.82) is 0 Å². The Morgan fingerprint density at radius 3 is 2.38 bits per heavy atom. The van der Waals surface area contributed by atoms with Crippen LogP contribution in [0.2, 0.25) is 0 Å². The highest BCUT2D eigenvalue weighted by Crippen LogP contribution is 2.11. The first-order valence-corrected chi connectivity index (χ1v) is 8.46. The molecule has 0 spiro atoms. The van der Waals surface area contributed by atoms with E-state index < -0.39 is 10.0 Å². The highest BCUT2D eigenvalue weighted by Gasteiger charge is 2.23. The van der Waals surface area contributed by atoms with Crippen LogP contribution in [0.4, 0.5) is 5.95 Å². The van der Waals surface area contributed by atoms with Gasteiger partial charge in [-0.15, -0.1) is 0 Å². The summed E-state index contributed by atoms with van der Waals surface area (Å²) in [5.74, 6) is 0.541. The fraction of sp³-hybridized carbons (Fsp3) is 0.692. The molecule has 0 aliphatic heterocycles. The Bertz CT molecular complexity index is 517. The summed E-state index contributed by atoms with van der Waals surface area (Å²) in [5.41, 5.74) is 0. The average molecular weight is 316 g/mol. The van der Waals surface area contributed by atoms with Crippen LogP contribution in [-0.2, 0) is 14.8 Å². The molecule has 0 bridgehead atoms. The lowest BCUT2D eigenvalue weighted by Gasteiger charge is -2.21. The van der Waals surface area contributed by atoms with Gasteiger partial charge in [0.2, 0.25) is 16.0 Å². The third-order valence-electron chi connectivity index (χ3n) is 2.93. The van der Waals surface area contributed by atoms with Crippen molar-refractivity contribution in [2.75, 3.05) is 25.6 Å². The zero-order valence-electron chi connectivity index (χ0n) is 13.0. The molecule has 2 N–H and O–H groups in total. The van der Waals surface area contributed by atoms with Crippen LogP contribution in [0, 0.1) is 5.92 Å². The van der Waals surface area contributed by atoms with Gasteiger partial charge in [0.25, 0.3) is 0 Å². The number of hydrogen-bond acceptors (Lipinski definition) is 6. The van der Waals surface area contributed by atoms with Gasteiger partial charge in [0.15, 0.2) is 0 Å². The molecule has 1 rings (SSSR count). The second-order valence-corrected chi connectivity index (χ2v) is 6.81. The van der Waals surface area contributed by atoms with Crippen molar-refractivity contribution < 1.29 is 13.2 Å². The van der Waals surface area contributed by atoms with Gasteiger partial charge in [-0.3, -0.25) is 0 Å². The van der Waals surface area contributed by atoms with E-state index in [0.717, 1.165) is 13.0 Å². The minimum atomic E-state index is -3.65. The Labute approximate surface area is 126 Å². The predicted octanol–water partition coefficient (Wildman–Crippen LogP) is 1.25. The molecule has 1 heterocycles. The zero-order chi connectivity index (χ0) is 15.9. The number of sulfonamides is 1. The molecule has 8 heteroatoms. The van der Waals surface area contributed by atoms with Crippen LogP contribution in [0.5, 0.6) is 0 Å². The van der Waals surface area contributed by atoms with E-state index in [0.29, 0.717) is 12.6 Å². The molecule has 1 aromatic rings. The maximum atomic E-state index is 12.3. The van der Waals surface area contributed by atoms with Crippen molar-refractivity contribution in [1.82, 2.24) is 14.7 Å². The van der Waals surface area contributed by atoms with Crippen LogP contribution in [0.25, 0.3) is 0 Å². The summed E-state index contributed by atoms with van der Waals surface area (Å²) in [6.07, 6.45) is 3.55. The molecule has 120 valence electrons. The number of nitrogens with zero attached hydrogens (tertiary/aromatic N) is 2. The third kappa shape index (κ3) is 5.56. The van der Waals surface area contributed by atoms with Gasteiger partial charge in [-0.25, -0.2) is 23.1 Å². The SMILES string of the molecule is CCCNc1ncc(S(=O)(=O)NC(COC)C(C)C)cn1. The first-order chi connectivity index (χ1) is 9.90. The Morgan fingerprint density at radius 1 is 1.29 bits per heavy atom. The number of aromatic nitrogens is 2. The smallest absolute Gasteiger partial charge is 0.243 e. The molecule has 0 saturated heterocycles. The molecule has 1 atom stereocenters. The maximum absolute atomic E-state index is 12.3. The van der Waals surface area contributed by atoms with Gasteiger partial charge in [-0.05, 0) is 12.3 Å². The van der Waals surface area contributed by atoms with Crippen molar-refractivity contribution in [3.8, 4) is 0 Å². The molecule has 1 aromatic heterocycles. The second kappa shape index (κ2) is 8.26. The van der Waals surface area contributed by atoms with Gasteiger partial charge < -0.3 is 10.1 Å². The molecule has 1 unspecified atom stereocenters. The monoisotopic (exact) mass is 316 g/mol. The highest BCUT2D eigenvalue weighted by atomic mass is 32.2. The number of hydrogen-bond donors (Lipinski definition) is 2. The Kier molecular flexibility index (Phi) is 7.00. The highest BCUT2D eigenvalue weighted by molar-refractivity contribution is 7.89. The lowest BCUT2D eigenvalue weighted by Crippen LogP contribution is -2.41. The Hall–Kier alpha value is -1.25.